The third kappa shape index (κ3) is 6.57. The van der Waals surface area contributed by atoms with Gasteiger partial charge in [-0.05, 0) is 40.2 Å². The molecule has 0 saturated heterocycles. The molecule has 0 aliphatic heterocycles. The van der Waals surface area contributed by atoms with E-state index < -0.39 is 17.3 Å². The Morgan fingerprint density at radius 1 is 1.15 bits per heavy atom. The summed E-state index contributed by atoms with van der Waals surface area (Å²) < 4.78 is 5.39. The van der Waals surface area contributed by atoms with Gasteiger partial charge >= 0.3 is 6.09 Å². The second-order valence-corrected chi connectivity index (χ2v) is 6.63. The number of carbonyl (C=O) groups is 1. The van der Waals surface area contributed by atoms with Crippen molar-refractivity contribution in [2.75, 3.05) is 6.54 Å². The van der Waals surface area contributed by atoms with Gasteiger partial charge < -0.3 is 14.7 Å². The highest BCUT2D eigenvalue weighted by molar-refractivity contribution is 5.68. The summed E-state index contributed by atoms with van der Waals surface area (Å²) in [4.78, 5) is 13.8. The molecule has 4 nitrogen and oxygen atoms in total. The van der Waals surface area contributed by atoms with Crippen LogP contribution >= 0.6 is 0 Å². The highest BCUT2D eigenvalue weighted by Gasteiger charge is 2.26. The van der Waals surface area contributed by atoms with E-state index >= 15 is 0 Å². The maximum atomic E-state index is 12.2. The fourth-order valence-electron chi connectivity index (χ4n) is 1.78. The van der Waals surface area contributed by atoms with Gasteiger partial charge in [0, 0.05) is 6.54 Å². The number of hydrogen-bond acceptors (Lipinski definition) is 3. The zero-order chi connectivity index (χ0) is 15.4. The molecule has 0 aliphatic carbocycles. The van der Waals surface area contributed by atoms with Gasteiger partial charge in [0.05, 0.1) is 12.1 Å². The number of rotatable bonds is 4. The Labute approximate surface area is 121 Å². The topological polar surface area (TPSA) is 49.8 Å². The maximum Gasteiger partial charge on any atom is 0.410 e. The molecule has 0 aliphatic rings. The van der Waals surface area contributed by atoms with Crippen LogP contribution in [0.25, 0.3) is 0 Å². The Kier molecular flexibility index (Phi) is 5.17. The standard InChI is InChI=1S/C16H25NO3/c1-15(2,3)20-14(18)17(12-16(4,5)19)11-13-9-7-6-8-10-13/h6-10,19H,11-12H2,1-5H3. The lowest BCUT2D eigenvalue weighted by Gasteiger charge is -2.31. The third-order valence-electron chi connectivity index (χ3n) is 2.45. The molecular formula is C16H25NO3. The van der Waals surface area contributed by atoms with Crippen LogP contribution < -0.4 is 0 Å². The largest absolute Gasteiger partial charge is 0.444 e. The molecule has 0 atom stereocenters. The third-order valence-corrected chi connectivity index (χ3v) is 2.45. The van der Waals surface area contributed by atoms with Crippen LogP contribution in [0.15, 0.2) is 30.3 Å². The number of aliphatic hydroxyl groups is 1. The van der Waals surface area contributed by atoms with E-state index in [-0.39, 0.29) is 6.54 Å². The summed E-state index contributed by atoms with van der Waals surface area (Å²) in [6.45, 7) is 9.47. The Morgan fingerprint density at radius 3 is 2.15 bits per heavy atom. The van der Waals surface area contributed by atoms with Crippen molar-refractivity contribution in [3.8, 4) is 0 Å². The predicted octanol–water partition coefficient (Wildman–Crippen LogP) is 3.19. The molecule has 0 saturated carbocycles. The van der Waals surface area contributed by atoms with E-state index in [1.165, 1.54) is 4.90 Å². The number of ether oxygens (including phenoxy) is 1. The van der Waals surface area contributed by atoms with Crippen molar-refractivity contribution in [3.05, 3.63) is 35.9 Å². The van der Waals surface area contributed by atoms with Gasteiger partial charge in [-0.1, -0.05) is 30.3 Å². The second kappa shape index (κ2) is 6.27. The average Bonchev–Trinajstić information content (AvgIpc) is 2.25. The molecular weight excluding hydrogens is 254 g/mol. The van der Waals surface area contributed by atoms with Gasteiger partial charge in [-0.25, -0.2) is 4.79 Å². The summed E-state index contributed by atoms with van der Waals surface area (Å²) >= 11 is 0. The minimum absolute atomic E-state index is 0.219. The van der Waals surface area contributed by atoms with E-state index in [1.807, 2.05) is 51.1 Å². The lowest BCUT2D eigenvalue weighted by atomic mass is 10.1. The molecule has 0 fully saturated rings. The van der Waals surface area contributed by atoms with Crippen molar-refractivity contribution in [1.82, 2.24) is 4.90 Å². The van der Waals surface area contributed by atoms with Gasteiger partial charge in [-0.2, -0.15) is 0 Å². The summed E-state index contributed by atoms with van der Waals surface area (Å²) in [7, 11) is 0. The monoisotopic (exact) mass is 279 g/mol. The molecule has 0 unspecified atom stereocenters. The minimum atomic E-state index is -0.967. The minimum Gasteiger partial charge on any atom is -0.444 e. The van der Waals surface area contributed by atoms with E-state index in [4.69, 9.17) is 4.74 Å². The van der Waals surface area contributed by atoms with Crippen LogP contribution in [-0.2, 0) is 11.3 Å². The van der Waals surface area contributed by atoms with Crippen molar-refractivity contribution in [2.45, 2.75) is 52.4 Å². The Bertz CT molecular complexity index is 429. The van der Waals surface area contributed by atoms with Crippen LogP contribution in [0.5, 0.6) is 0 Å². The van der Waals surface area contributed by atoms with Gasteiger partial charge in [-0.3, -0.25) is 0 Å². The maximum absolute atomic E-state index is 12.2. The van der Waals surface area contributed by atoms with Gasteiger partial charge in [0.15, 0.2) is 0 Å². The first kappa shape index (κ1) is 16.5. The second-order valence-electron chi connectivity index (χ2n) is 6.63. The van der Waals surface area contributed by atoms with Crippen molar-refractivity contribution in [1.29, 1.82) is 0 Å². The zero-order valence-electron chi connectivity index (χ0n) is 13.0. The van der Waals surface area contributed by atoms with E-state index in [1.54, 1.807) is 13.8 Å². The lowest BCUT2D eigenvalue weighted by molar-refractivity contribution is -0.00548. The van der Waals surface area contributed by atoms with E-state index in [0.717, 1.165) is 5.56 Å². The van der Waals surface area contributed by atoms with E-state index in [0.29, 0.717) is 6.54 Å². The number of carbonyl (C=O) groups excluding carboxylic acids is 1. The van der Waals surface area contributed by atoms with Crippen LogP contribution in [0.4, 0.5) is 4.79 Å². The van der Waals surface area contributed by atoms with E-state index in [9.17, 15) is 9.90 Å². The van der Waals surface area contributed by atoms with Crippen molar-refractivity contribution < 1.29 is 14.6 Å². The van der Waals surface area contributed by atoms with E-state index in [2.05, 4.69) is 0 Å². The number of benzene rings is 1. The first-order valence-electron chi connectivity index (χ1n) is 6.81. The first-order chi connectivity index (χ1) is 9.07. The van der Waals surface area contributed by atoms with Crippen LogP contribution in [-0.4, -0.2) is 33.8 Å². The van der Waals surface area contributed by atoms with Gasteiger partial charge in [0.2, 0.25) is 0 Å². The molecule has 1 aromatic carbocycles. The first-order valence-corrected chi connectivity index (χ1v) is 6.81. The Hall–Kier alpha value is -1.55. The molecule has 112 valence electrons. The summed E-state index contributed by atoms with van der Waals surface area (Å²) in [6, 6.07) is 9.67. The zero-order valence-corrected chi connectivity index (χ0v) is 13.0. The van der Waals surface area contributed by atoms with Crippen LogP contribution in [0.1, 0.15) is 40.2 Å². The quantitative estimate of drug-likeness (QED) is 0.920. The number of amides is 1. The van der Waals surface area contributed by atoms with Gasteiger partial charge in [0.1, 0.15) is 5.60 Å². The molecule has 0 spiro atoms. The average molecular weight is 279 g/mol. The summed E-state index contributed by atoms with van der Waals surface area (Å²) in [5, 5.41) is 9.96. The Morgan fingerprint density at radius 2 is 1.70 bits per heavy atom. The smallest absolute Gasteiger partial charge is 0.410 e. The molecule has 1 rings (SSSR count). The highest BCUT2D eigenvalue weighted by atomic mass is 16.6. The molecule has 0 bridgehead atoms. The molecule has 1 N–H and O–H groups in total. The summed E-state index contributed by atoms with van der Waals surface area (Å²) in [5.74, 6) is 0. The van der Waals surface area contributed by atoms with Gasteiger partial charge in [-0.15, -0.1) is 0 Å². The number of nitrogens with zero attached hydrogens (tertiary/aromatic N) is 1. The van der Waals surface area contributed by atoms with Crippen molar-refractivity contribution in [3.63, 3.8) is 0 Å². The molecule has 0 aromatic heterocycles. The van der Waals surface area contributed by atoms with Gasteiger partial charge in [0.25, 0.3) is 0 Å². The highest BCUT2D eigenvalue weighted by Crippen LogP contribution is 2.15. The number of hydrogen-bond donors (Lipinski definition) is 1. The SMILES string of the molecule is CC(C)(O)CN(Cc1ccccc1)C(=O)OC(C)(C)C. The molecule has 1 aromatic rings. The molecule has 0 heterocycles. The summed E-state index contributed by atoms with van der Waals surface area (Å²) in [5.41, 5.74) is -0.514. The van der Waals surface area contributed by atoms with Crippen molar-refractivity contribution in [2.24, 2.45) is 0 Å². The van der Waals surface area contributed by atoms with Crippen LogP contribution in [0.2, 0.25) is 0 Å². The molecule has 20 heavy (non-hydrogen) atoms. The normalized spacial score (nSPS) is 12.1. The molecule has 0 radical (unpaired) electrons. The Balaban J connectivity index is 2.83. The molecule has 4 heteroatoms. The summed E-state index contributed by atoms with van der Waals surface area (Å²) in [6.07, 6.45) is -0.413. The van der Waals surface area contributed by atoms with Crippen LogP contribution in [0.3, 0.4) is 0 Å². The predicted molar refractivity (Wildman–Crippen MR) is 79.4 cm³/mol. The fraction of sp³-hybridized carbons (Fsp3) is 0.562. The van der Waals surface area contributed by atoms with Crippen LogP contribution in [0, 0.1) is 0 Å². The van der Waals surface area contributed by atoms with Crippen molar-refractivity contribution >= 4 is 6.09 Å². The fourth-order valence-corrected chi connectivity index (χ4v) is 1.78. The molecule has 1 amide bonds. The lowest BCUT2D eigenvalue weighted by Crippen LogP contribution is -2.44.